The number of urea groups is 1. The first-order chi connectivity index (χ1) is 8.40. The Balaban J connectivity index is 2.64. The zero-order valence-electron chi connectivity index (χ0n) is 9.77. The van der Waals surface area contributed by atoms with Gasteiger partial charge in [-0.05, 0) is 31.2 Å². The Labute approximate surface area is 104 Å². The Morgan fingerprint density at radius 3 is 2.11 bits per heavy atom. The molecule has 0 spiro atoms. The highest BCUT2D eigenvalue weighted by atomic mass is 16.2. The van der Waals surface area contributed by atoms with E-state index >= 15 is 0 Å². The second-order valence-corrected chi connectivity index (χ2v) is 3.66. The number of carbonyl (C=O) groups excluding carboxylic acids is 3. The fourth-order valence-electron chi connectivity index (χ4n) is 1.25. The Bertz CT molecular complexity index is 470. The van der Waals surface area contributed by atoms with E-state index in [2.05, 4.69) is 10.6 Å². The third kappa shape index (κ3) is 3.78. The van der Waals surface area contributed by atoms with Gasteiger partial charge in [0, 0.05) is 11.3 Å². The number of nitrogens with two attached hydrogens (primary N) is 2. The molecule has 96 valence electrons. The predicted octanol–water partition coefficient (Wildman–Crippen LogP) is -0.219. The van der Waals surface area contributed by atoms with E-state index in [0.717, 1.165) is 0 Å². The lowest BCUT2D eigenvalue weighted by Gasteiger charge is -2.12. The minimum atomic E-state index is -0.776. The molecular formula is C11H14N4O3. The molecule has 0 fully saturated rings. The zero-order valence-corrected chi connectivity index (χ0v) is 9.77. The van der Waals surface area contributed by atoms with E-state index in [1.807, 2.05) is 0 Å². The van der Waals surface area contributed by atoms with Gasteiger partial charge >= 0.3 is 6.03 Å². The number of primary amides is 2. The van der Waals surface area contributed by atoms with Crippen LogP contribution < -0.4 is 22.1 Å². The highest BCUT2D eigenvalue weighted by Crippen LogP contribution is 2.09. The molecular weight excluding hydrogens is 236 g/mol. The number of rotatable bonds is 4. The Hall–Kier alpha value is -2.57. The Kier molecular flexibility index (Phi) is 4.25. The van der Waals surface area contributed by atoms with Gasteiger partial charge in [0.05, 0.1) is 0 Å². The SMILES string of the molecule is CC(NC(N)=O)C(=O)Nc1ccc(C(N)=O)cc1. The molecule has 0 aliphatic heterocycles. The molecule has 0 aromatic heterocycles. The van der Waals surface area contributed by atoms with Crippen LogP contribution in [0.5, 0.6) is 0 Å². The van der Waals surface area contributed by atoms with Crippen LogP contribution in [0.15, 0.2) is 24.3 Å². The lowest BCUT2D eigenvalue weighted by molar-refractivity contribution is -0.117. The van der Waals surface area contributed by atoms with E-state index in [4.69, 9.17) is 11.5 Å². The minimum Gasteiger partial charge on any atom is -0.366 e. The van der Waals surface area contributed by atoms with Crippen molar-refractivity contribution in [2.24, 2.45) is 11.5 Å². The van der Waals surface area contributed by atoms with E-state index in [-0.39, 0.29) is 0 Å². The zero-order chi connectivity index (χ0) is 13.7. The molecule has 1 atom stereocenters. The molecule has 0 saturated carbocycles. The van der Waals surface area contributed by atoms with E-state index < -0.39 is 23.9 Å². The molecule has 0 bridgehead atoms. The number of benzene rings is 1. The van der Waals surface area contributed by atoms with Gasteiger partial charge in [0.25, 0.3) is 0 Å². The van der Waals surface area contributed by atoms with Crippen LogP contribution in [0.4, 0.5) is 10.5 Å². The Morgan fingerprint density at radius 1 is 1.11 bits per heavy atom. The summed E-state index contributed by atoms with van der Waals surface area (Å²) in [5.41, 5.74) is 10.8. The van der Waals surface area contributed by atoms with Gasteiger partial charge in [-0.2, -0.15) is 0 Å². The number of hydrogen-bond donors (Lipinski definition) is 4. The maximum atomic E-state index is 11.6. The molecule has 1 unspecified atom stereocenters. The van der Waals surface area contributed by atoms with Gasteiger partial charge in [0.15, 0.2) is 0 Å². The van der Waals surface area contributed by atoms with Crippen LogP contribution in [0.3, 0.4) is 0 Å². The van der Waals surface area contributed by atoms with E-state index in [0.29, 0.717) is 11.3 Å². The van der Waals surface area contributed by atoms with Crippen LogP contribution in [-0.4, -0.2) is 23.9 Å². The van der Waals surface area contributed by atoms with Crippen LogP contribution in [0, 0.1) is 0 Å². The predicted molar refractivity (Wildman–Crippen MR) is 65.8 cm³/mol. The summed E-state index contributed by atoms with van der Waals surface area (Å²) >= 11 is 0. The van der Waals surface area contributed by atoms with Crippen molar-refractivity contribution in [3.63, 3.8) is 0 Å². The van der Waals surface area contributed by atoms with Crippen molar-refractivity contribution in [1.29, 1.82) is 0 Å². The number of nitrogens with one attached hydrogen (secondary N) is 2. The second-order valence-electron chi connectivity index (χ2n) is 3.66. The first-order valence-corrected chi connectivity index (χ1v) is 5.17. The fourth-order valence-corrected chi connectivity index (χ4v) is 1.25. The van der Waals surface area contributed by atoms with Gasteiger partial charge < -0.3 is 22.1 Å². The average Bonchev–Trinajstić information content (AvgIpc) is 2.28. The van der Waals surface area contributed by atoms with Crippen molar-refractivity contribution >= 4 is 23.5 Å². The molecule has 1 aromatic carbocycles. The lowest BCUT2D eigenvalue weighted by atomic mass is 10.2. The van der Waals surface area contributed by atoms with Crippen molar-refractivity contribution in [2.75, 3.05) is 5.32 Å². The number of amides is 4. The third-order valence-corrected chi connectivity index (χ3v) is 2.19. The molecule has 1 aromatic rings. The van der Waals surface area contributed by atoms with Crippen molar-refractivity contribution < 1.29 is 14.4 Å². The Morgan fingerprint density at radius 2 is 1.67 bits per heavy atom. The second kappa shape index (κ2) is 5.67. The van der Waals surface area contributed by atoms with Gasteiger partial charge in [-0.25, -0.2) is 4.79 Å². The summed E-state index contributed by atoms with van der Waals surface area (Å²) < 4.78 is 0. The molecule has 7 heteroatoms. The summed E-state index contributed by atoms with van der Waals surface area (Å²) in [6.45, 7) is 1.50. The summed E-state index contributed by atoms with van der Waals surface area (Å²) in [5, 5.41) is 4.80. The number of carbonyl (C=O) groups is 3. The van der Waals surface area contributed by atoms with E-state index in [1.165, 1.54) is 31.2 Å². The molecule has 0 heterocycles. The van der Waals surface area contributed by atoms with Crippen LogP contribution in [0.2, 0.25) is 0 Å². The summed E-state index contributed by atoms with van der Waals surface area (Å²) in [6.07, 6.45) is 0. The molecule has 0 radical (unpaired) electrons. The summed E-state index contributed by atoms with van der Waals surface area (Å²) in [4.78, 5) is 33.0. The molecule has 4 amide bonds. The number of hydrogen-bond acceptors (Lipinski definition) is 3. The first kappa shape index (κ1) is 13.5. The normalized spacial score (nSPS) is 11.4. The highest BCUT2D eigenvalue weighted by Gasteiger charge is 2.13. The topological polar surface area (TPSA) is 127 Å². The maximum Gasteiger partial charge on any atom is 0.312 e. The van der Waals surface area contributed by atoms with Gasteiger partial charge in [-0.1, -0.05) is 0 Å². The standard InChI is InChI=1S/C11H14N4O3/c1-6(14-11(13)18)10(17)15-8-4-2-7(3-5-8)9(12)16/h2-6H,1H3,(H2,12,16)(H,15,17)(H3,13,14,18). The van der Waals surface area contributed by atoms with Gasteiger partial charge in [-0.15, -0.1) is 0 Å². The summed E-state index contributed by atoms with van der Waals surface area (Å²) in [6, 6.07) is 4.53. The highest BCUT2D eigenvalue weighted by molar-refractivity contribution is 5.97. The van der Waals surface area contributed by atoms with Crippen molar-refractivity contribution in [1.82, 2.24) is 5.32 Å². The van der Waals surface area contributed by atoms with Crippen LogP contribution in [0.1, 0.15) is 17.3 Å². The maximum absolute atomic E-state index is 11.6. The summed E-state index contributed by atoms with van der Waals surface area (Å²) in [5.74, 6) is -0.961. The third-order valence-electron chi connectivity index (χ3n) is 2.19. The molecule has 1 rings (SSSR count). The molecule has 0 aliphatic rings. The van der Waals surface area contributed by atoms with Gasteiger partial charge in [0.1, 0.15) is 6.04 Å². The van der Waals surface area contributed by atoms with Crippen molar-refractivity contribution in [3.8, 4) is 0 Å². The largest absolute Gasteiger partial charge is 0.366 e. The van der Waals surface area contributed by atoms with Crippen molar-refractivity contribution in [2.45, 2.75) is 13.0 Å². The van der Waals surface area contributed by atoms with E-state index in [9.17, 15) is 14.4 Å². The molecule has 7 nitrogen and oxygen atoms in total. The van der Waals surface area contributed by atoms with Gasteiger partial charge in [0.2, 0.25) is 11.8 Å². The van der Waals surface area contributed by atoms with Crippen LogP contribution in [-0.2, 0) is 4.79 Å². The average molecular weight is 250 g/mol. The quantitative estimate of drug-likeness (QED) is 0.589. The number of anilines is 1. The molecule has 0 aliphatic carbocycles. The molecule has 18 heavy (non-hydrogen) atoms. The van der Waals surface area contributed by atoms with Crippen LogP contribution >= 0.6 is 0 Å². The van der Waals surface area contributed by atoms with Crippen molar-refractivity contribution in [3.05, 3.63) is 29.8 Å². The smallest absolute Gasteiger partial charge is 0.312 e. The first-order valence-electron chi connectivity index (χ1n) is 5.17. The summed E-state index contributed by atoms with van der Waals surface area (Å²) in [7, 11) is 0. The fraction of sp³-hybridized carbons (Fsp3) is 0.182. The monoisotopic (exact) mass is 250 g/mol. The van der Waals surface area contributed by atoms with Gasteiger partial charge in [-0.3, -0.25) is 9.59 Å². The van der Waals surface area contributed by atoms with Crippen LogP contribution in [0.25, 0.3) is 0 Å². The van der Waals surface area contributed by atoms with E-state index in [1.54, 1.807) is 0 Å². The lowest BCUT2D eigenvalue weighted by Crippen LogP contribution is -2.44. The minimum absolute atomic E-state index is 0.344. The molecule has 6 N–H and O–H groups in total. The molecule has 0 saturated heterocycles.